The summed E-state index contributed by atoms with van der Waals surface area (Å²) in [6, 6.07) is 15.8. The first-order valence-electron chi connectivity index (χ1n) is 10.3. The van der Waals surface area contributed by atoms with Gasteiger partial charge in [0.05, 0.1) is 34.0 Å². The van der Waals surface area contributed by atoms with Crippen LogP contribution in [0.25, 0.3) is 22.2 Å². The summed E-state index contributed by atoms with van der Waals surface area (Å²) in [5, 5.41) is 3.34. The second-order valence-corrected chi connectivity index (χ2v) is 9.23. The zero-order chi connectivity index (χ0) is 22.0. The van der Waals surface area contributed by atoms with E-state index in [1.165, 1.54) is 6.20 Å². The molecule has 1 aliphatic heterocycles. The highest BCUT2D eigenvalue weighted by Gasteiger charge is 2.15. The monoisotopic (exact) mass is 446 g/mol. The Kier molecular flexibility index (Phi) is 5.42. The van der Waals surface area contributed by atoms with Crippen molar-refractivity contribution in [3.8, 4) is 11.1 Å². The van der Waals surface area contributed by atoms with Crippen LogP contribution < -0.4 is 14.9 Å². The highest BCUT2D eigenvalue weighted by atomic mass is 32.2. The summed E-state index contributed by atoms with van der Waals surface area (Å²) in [6.07, 6.45) is 5.01. The van der Waals surface area contributed by atoms with Gasteiger partial charge in [-0.3, -0.25) is 14.7 Å². The molecule has 0 spiro atoms. The molecule has 2 aromatic heterocycles. The van der Waals surface area contributed by atoms with Crippen LogP contribution >= 0.6 is 0 Å². The van der Waals surface area contributed by atoms with Crippen molar-refractivity contribution in [1.29, 1.82) is 0 Å². The molecule has 2 aromatic carbocycles. The molecular weight excluding hydrogens is 424 g/mol. The Bertz CT molecular complexity index is 1360. The molecule has 8 nitrogen and oxygen atoms in total. The number of benzene rings is 2. The first-order valence-corrected chi connectivity index (χ1v) is 11.8. The van der Waals surface area contributed by atoms with Crippen LogP contribution in [-0.2, 0) is 10.0 Å². The van der Waals surface area contributed by atoms with Gasteiger partial charge in [0.25, 0.3) is 10.0 Å². The van der Waals surface area contributed by atoms with Crippen LogP contribution in [0.2, 0.25) is 0 Å². The molecule has 1 aliphatic rings. The SMILES string of the molecule is O=S(=O)(Nc1cncc(-c2ccc3ncc(N4CCNCC4)nc3c2)c1)c1ccccc1. The van der Waals surface area contributed by atoms with Crippen molar-refractivity contribution in [2.24, 2.45) is 0 Å². The van der Waals surface area contributed by atoms with E-state index >= 15 is 0 Å². The summed E-state index contributed by atoms with van der Waals surface area (Å²) in [6.45, 7) is 3.65. The third-order valence-corrected chi connectivity index (χ3v) is 6.75. The molecule has 0 saturated carbocycles. The van der Waals surface area contributed by atoms with Crippen molar-refractivity contribution in [3.05, 3.63) is 73.2 Å². The van der Waals surface area contributed by atoms with Crippen molar-refractivity contribution in [3.63, 3.8) is 0 Å². The number of piperazine rings is 1. The van der Waals surface area contributed by atoms with Crippen LogP contribution in [-0.4, -0.2) is 49.5 Å². The normalized spacial score (nSPS) is 14.4. The van der Waals surface area contributed by atoms with Gasteiger partial charge in [0.2, 0.25) is 0 Å². The third kappa shape index (κ3) is 4.25. The summed E-state index contributed by atoms with van der Waals surface area (Å²) in [4.78, 5) is 16.0. The average molecular weight is 447 g/mol. The van der Waals surface area contributed by atoms with Gasteiger partial charge in [-0.15, -0.1) is 0 Å². The van der Waals surface area contributed by atoms with Crippen LogP contribution in [0.4, 0.5) is 11.5 Å². The lowest BCUT2D eigenvalue weighted by molar-refractivity contribution is 0.585. The lowest BCUT2D eigenvalue weighted by atomic mass is 10.1. The molecule has 0 amide bonds. The molecule has 0 bridgehead atoms. The van der Waals surface area contributed by atoms with Crippen molar-refractivity contribution in [2.75, 3.05) is 35.8 Å². The van der Waals surface area contributed by atoms with Crippen molar-refractivity contribution in [2.45, 2.75) is 4.90 Å². The minimum atomic E-state index is -3.69. The first kappa shape index (κ1) is 20.3. The standard InChI is InChI=1S/C23H22N6O2S/c30-32(31,20-4-2-1-3-5-20)28-19-12-18(14-25-15-19)17-6-7-21-22(13-17)27-23(16-26-21)29-10-8-24-9-11-29/h1-7,12-16,24,28H,8-11H2. The van der Waals surface area contributed by atoms with Gasteiger partial charge in [0.1, 0.15) is 5.82 Å². The molecule has 0 aliphatic carbocycles. The number of sulfonamides is 1. The third-order valence-electron chi connectivity index (χ3n) is 5.35. The fraction of sp³-hybridized carbons (Fsp3) is 0.174. The molecule has 162 valence electrons. The van der Waals surface area contributed by atoms with Crippen LogP contribution in [0.3, 0.4) is 0 Å². The molecule has 2 N–H and O–H groups in total. The van der Waals surface area contributed by atoms with Crippen LogP contribution in [0, 0.1) is 0 Å². The molecule has 3 heterocycles. The smallest absolute Gasteiger partial charge is 0.261 e. The number of anilines is 2. The van der Waals surface area contributed by atoms with Gasteiger partial charge < -0.3 is 10.2 Å². The maximum Gasteiger partial charge on any atom is 0.261 e. The lowest BCUT2D eigenvalue weighted by Gasteiger charge is -2.28. The number of hydrogen-bond acceptors (Lipinski definition) is 7. The number of pyridine rings is 1. The fourth-order valence-electron chi connectivity index (χ4n) is 3.69. The molecular formula is C23H22N6O2S. The number of fused-ring (bicyclic) bond motifs is 1. The van der Waals surface area contributed by atoms with Gasteiger partial charge >= 0.3 is 0 Å². The zero-order valence-corrected chi connectivity index (χ0v) is 18.1. The van der Waals surface area contributed by atoms with Crippen LogP contribution in [0.15, 0.2) is 78.1 Å². The molecule has 1 saturated heterocycles. The Labute approximate surface area is 186 Å². The van der Waals surface area contributed by atoms with E-state index in [0.717, 1.165) is 54.2 Å². The molecule has 0 radical (unpaired) electrons. The second-order valence-electron chi connectivity index (χ2n) is 7.55. The summed E-state index contributed by atoms with van der Waals surface area (Å²) in [7, 11) is -3.69. The lowest BCUT2D eigenvalue weighted by Crippen LogP contribution is -2.43. The number of nitrogens with zero attached hydrogens (tertiary/aromatic N) is 4. The summed E-state index contributed by atoms with van der Waals surface area (Å²) in [5.74, 6) is 0.860. The topological polar surface area (TPSA) is 100 Å². The van der Waals surface area contributed by atoms with E-state index in [4.69, 9.17) is 4.98 Å². The maximum atomic E-state index is 12.6. The Hall–Kier alpha value is -3.56. The summed E-state index contributed by atoms with van der Waals surface area (Å²) < 4.78 is 27.9. The predicted octanol–water partition coefficient (Wildman–Crippen LogP) is 2.90. The molecule has 1 fully saturated rings. The number of hydrogen-bond donors (Lipinski definition) is 2. The molecule has 5 rings (SSSR count). The molecule has 0 atom stereocenters. The zero-order valence-electron chi connectivity index (χ0n) is 17.3. The van der Waals surface area contributed by atoms with E-state index in [1.54, 1.807) is 42.6 Å². The van der Waals surface area contributed by atoms with Crippen LogP contribution in [0.1, 0.15) is 0 Å². The number of aromatic nitrogens is 3. The molecule has 32 heavy (non-hydrogen) atoms. The van der Waals surface area contributed by atoms with Crippen molar-refractivity contribution < 1.29 is 8.42 Å². The predicted molar refractivity (Wildman–Crippen MR) is 125 cm³/mol. The van der Waals surface area contributed by atoms with E-state index in [1.807, 2.05) is 24.4 Å². The highest BCUT2D eigenvalue weighted by molar-refractivity contribution is 7.92. The quantitative estimate of drug-likeness (QED) is 0.486. The summed E-state index contributed by atoms with van der Waals surface area (Å²) in [5.41, 5.74) is 3.66. The van der Waals surface area contributed by atoms with Crippen LogP contribution in [0.5, 0.6) is 0 Å². The second kappa shape index (κ2) is 8.52. The van der Waals surface area contributed by atoms with Gasteiger partial charge in [0, 0.05) is 37.9 Å². The van der Waals surface area contributed by atoms with Gasteiger partial charge in [-0.2, -0.15) is 0 Å². The van der Waals surface area contributed by atoms with Gasteiger partial charge in [-0.05, 0) is 35.9 Å². The van der Waals surface area contributed by atoms with E-state index in [0.29, 0.717) is 5.69 Å². The van der Waals surface area contributed by atoms with Crippen molar-refractivity contribution >= 4 is 32.6 Å². The Morgan fingerprint density at radius 2 is 1.69 bits per heavy atom. The van der Waals surface area contributed by atoms with E-state index in [2.05, 4.69) is 24.9 Å². The van der Waals surface area contributed by atoms with Gasteiger partial charge in [0.15, 0.2) is 0 Å². The Morgan fingerprint density at radius 3 is 2.50 bits per heavy atom. The minimum absolute atomic E-state index is 0.201. The Balaban J connectivity index is 1.44. The van der Waals surface area contributed by atoms with Gasteiger partial charge in [-0.25, -0.2) is 13.4 Å². The number of rotatable bonds is 5. The van der Waals surface area contributed by atoms with Crippen molar-refractivity contribution in [1.82, 2.24) is 20.3 Å². The van der Waals surface area contributed by atoms with E-state index < -0.39 is 10.0 Å². The number of nitrogens with one attached hydrogen (secondary N) is 2. The van der Waals surface area contributed by atoms with E-state index in [9.17, 15) is 8.42 Å². The average Bonchev–Trinajstić information content (AvgIpc) is 2.84. The largest absolute Gasteiger partial charge is 0.353 e. The molecule has 0 unspecified atom stereocenters. The Morgan fingerprint density at radius 1 is 0.875 bits per heavy atom. The highest BCUT2D eigenvalue weighted by Crippen LogP contribution is 2.26. The molecule has 4 aromatic rings. The minimum Gasteiger partial charge on any atom is -0.353 e. The fourth-order valence-corrected chi connectivity index (χ4v) is 4.75. The van der Waals surface area contributed by atoms with Gasteiger partial charge in [-0.1, -0.05) is 24.3 Å². The summed E-state index contributed by atoms with van der Waals surface area (Å²) >= 11 is 0. The molecule has 9 heteroatoms. The van der Waals surface area contributed by atoms with E-state index in [-0.39, 0.29) is 4.90 Å². The maximum absolute atomic E-state index is 12.6. The first-order chi connectivity index (χ1) is 15.6.